The number of carbonyl (C=O) groups excluding carboxylic acids is 1. The highest BCUT2D eigenvalue weighted by atomic mass is 35.5. The van der Waals surface area contributed by atoms with Gasteiger partial charge in [-0.2, -0.15) is 0 Å². The third kappa shape index (κ3) is 2.72. The third-order valence-corrected chi connectivity index (χ3v) is 4.54. The number of nitrogens with zero attached hydrogens (tertiary/aromatic N) is 2. The Balaban J connectivity index is 2.35. The quantitative estimate of drug-likeness (QED) is 0.629. The summed E-state index contributed by atoms with van der Waals surface area (Å²) >= 11 is 5.69. The number of likely N-dealkylation sites (tertiary alicyclic amines) is 1. The summed E-state index contributed by atoms with van der Waals surface area (Å²) < 4.78 is 2.34. The third-order valence-electron chi connectivity index (χ3n) is 4.30. The molecule has 0 N–H and O–H groups in total. The lowest BCUT2D eigenvalue weighted by Crippen LogP contribution is -2.38. The van der Waals surface area contributed by atoms with Gasteiger partial charge in [-0.05, 0) is 45.8 Å². The van der Waals surface area contributed by atoms with E-state index < -0.39 is 0 Å². The van der Waals surface area contributed by atoms with Gasteiger partial charge in [0.2, 0.25) is 0 Å². The highest BCUT2D eigenvalue weighted by molar-refractivity contribution is 6.30. The van der Waals surface area contributed by atoms with Crippen LogP contribution >= 0.6 is 11.6 Å². The smallest absolute Gasteiger partial charge is 0.179 e. The Morgan fingerprint density at radius 2 is 2.16 bits per heavy atom. The van der Waals surface area contributed by atoms with Crippen molar-refractivity contribution < 1.29 is 4.79 Å². The fraction of sp³-hybridized carbons (Fsp3) is 0.667. The van der Waals surface area contributed by atoms with Gasteiger partial charge in [0.1, 0.15) is 0 Å². The van der Waals surface area contributed by atoms with E-state index in [1.54, 1.807) is 0 Å². The van der Waals surface area contributed by atoms with E-state index in [1.807, 2.05) is 13.0 Å². The van der Waals surface area contributed by atoms with Crippen LogP contribution in [-0.2, 0) is 0 Å². The van der Waals surface area contributed by atoms with Crippen molar-refractivity contribution >= 4 is 17.4 Å². The van der Waals surface area contributed by atoms with Crippen LogP contribution in [-0.4, -0.2) is 41.3 Å². The molecule has 3 nitrogen and oxygen atoms in total. The largest absolute Gasteiger partial charge is 0.345 e. The summed E-state index contributed by atoms with van der Waals surface area (Å²) in [6.07, 6.45) is 1.14. The summed E-state index contributed by atoms with van der Waals surface area (Å²) in [5.41, 5.74) is 3.04. The van der Waals surface area contributed by atoms with Crippen molar-refractivity contribution in [3.8, 4) is 0 Å². The zero-order chi connectivity index (χ0) is 14.2. The molecule has 2 atom stereocenters. The number of Topliss-reactive ketones (excluding diaryl/α,β-unsaturated/α-hetero) is 1. The Bertz CT molecular complexity index is 481. The molecule has 0 amide bonds. The predicted molar refractivity (Wildman–Crippen MR) is 79.3 cm³/mol. The van der Waals surface area contributed by atoms with E-state index >= 15 is 0 Å². The van der Waals surface area contributed by atoms with Gasteiger partial charge in [-0.15, -0.1) is 11.6 Å². The maximum Gasteiger partial charge on any atom is 0.179 e. The fourth-order valence-corrected chi connectivity index (χ4v) is 3.51. The molecule has 1 aliphatic heterocycles. The van der Waals surface area contributed by atoms with Crippen molar-refractivity contribution in [1.82, 2.24) is 9.47 Å². The molecular formula is C15H23ClN2O. The van der Waals surface area contributed by atoms with Gasteiger partial charge in [-0.1, -0.05) is 6.92 Å². The first kappa shape index (κ1) is 14.6. The zero-order valence-corrected chi connectivity index (χ0v) is 13.0. The van der Waals surface area contributed by atoms with Crippen LogP contribution < -0.4 is 0 Å². The molecule has 1 saturated heterocycles. The van der Waals surface area contributed by atoms with Crippen molar-refractivity contribution in [2.24, 2.45) is 5.92 Å². The number of rotatable bonds is 3. The minimum atomic E-state index is 0.0293. The first-order valence-electron chi connectivity index (χ1n) is 6.91. The summed E-state index contributed by atoms with van der Waals surface area (Å²) in [6, 6.07) is 2.48. The zero-order valence-electron chi connectivity index (χ0n) is 12.2. The topological polar surface area (TPSA) is 25.2 Å². The van der Waals surface area contributed by atoms with E-state index in [0.717, 1.165) is 30.8 Å². The summed E-state index contributed by atoms with van der Waals surface area (Å²) in [5, 5.41) is 0. The van der Waals surface area contributed by atoms with Gasteiger partial charge in [-0.25, -0.2) is 0 Å². The number of alkyl halides is 1. The summed E-state index contributed by atoms with van der Waals surface area (Å²) in [7, 11) is 2.17. The number of halogens is 1. The van der Waals surface area contributed by atoms with Crippen LogP contribution in [0, 0.1) is 19.8 Å². The first-order valence-corrected chi connectivity index (χ1v) is 7.45. The standard InChI is InChI=1S/C15H23ClN2O/c1-10-9-17(4)6-5-14(10)18-11(2)7-13(12(18)3)15(19)8-16/h7,10,14H,5-6,8-9H2,1-4H3. The van der Waals surface area contributed by atoms with Gasteiger partial charge >= 0.3 is 0 Å². The lowest BCUT2D eigenvalue weighted by atomic mass is 9.93. The van der Waals surface area contributed by atoms with Gasteiger partial charge in [0.15, 0.2) is 5.78 Å². The van der Waals surface area contributed by atoms with Crippen LogP contribution in [0.4, 0.5) is 0 Å². The van der Waals surface area contributed by atoms with E-state index in [2.05, 4.69) is 30.4 Å². The molecule has 0 spiro atoms. The summed E-state index contributed by atoms with van der Waals surface area (Å²) in [5.74, 6) is 0.692. The average molecular weight is 283 g/mol. The molecule has 4 heteroatoms. The van der Waals surface area contributed by atoms with Crippen molar-refractivity contribution in [1.29, 1.82) is 0 Å². The maximum atomic E-state index is 11.9. The lowest BCUT2D eigenvalue weighted by molar-refractivity contribution is 0.101. The van der Waals surface area contributed by atoms with Crippen molar-refractivity contribution in [2.45, 2.75) is 33.2 Å². The van der Waals surface area contributed by atoms with Crippen LogP contribution in [0.3, 0.4) is 0 Å². The minimum Gasteiger partial charge on any atom is -0.345 e. The van der Waals surface area contributed by atoms with Gasteiger partial charge in [0.25, 0.3) is 0 Å². The molecule has 106 valence electrons. The van der Waals surface area contributed by atoms with Gasteiger partial charge in [0, 0.05) is 29.5 Å². The molecule has 0 aromatic carbocycles. The molecule has 19 heavy (non-hydrogen) atoms. The summed E-state index contributed by atoms with van der Waals surface area (Å²) in [6.45, 7) is 8.65. The first-order chi connectivity index (χ1) is 8.95. The van der Waals surface area contributed by atoms with Crippen LogP contribution in [0.2, 0.25) is 0 Å². The number of hydrogen-bond acceptors (Lipinski definition) is 2. The Labute approximate surface area is 120 Å². The predicted octanol–water partition coefficient (Wildman–Crippen LogP) is 3.04. The van der Waals surface area contributed by atoms with Gasteiger partial charge < -0.3 is 9.47 Å². The van der Waals surface area contributed by atoms with Crippen molar-refractivity contribution in [3.05, 3.63) is 23.0 Å². The van der Waals surface area contributed by atoms with Crippen molar-refractivity contribution in [3.63, 3.8) is 0 Å². The number of piperidine rings is 1. The van der Waals surface area contributed by atoms with Gasteiger partial charge in [0.05, 0.1) is 5.88 Å². The molecule has 2 rings (SSSR count). The highest BCUT2D eigenvalue weighted by Crippen LogP contribution is 2.32. The van der Waals surface area contributed by atoms with Crippen LogP contribution in [0.15, 0.2) is 6.07 Å². The minimum absolute atomic E-state index is 0.0293. The second-order valence-corrected chi connectivity index (χ2v) is 6.07. The van der Waals surface area contributed by atoms with Crippen LogP contribution in [0.25, 0.3) is 0 Å². The van der Waals surface area contributed by atoms with E-state index in [-0.39, 0.29) is 11.7 Å². The second-order valence-electron chi connectivity index (χ2n) is 5.81. The molecule has 0 bridgehead atoms. The molecule has 2 heterocycles. The lowest BCUT2D eigenvalue weighted by Gasteiger charge is -2.37. The number of hydrogen-bond donors (Lipinski definition) is 0. The molecule has 1 aliphatic rings. The summed E-state index contributed by atoms with van der Waals surface area (Å²) in [4.78, 5) is 14.2. The molecule has 0 saturated carbocycles. The van der Waals surface area contributed by atoms with Crippen LogP contribution in [0.5, 0.6) is 0 Å². The molecule has 0 aliphatic carbocycles. The Hall–Kier alpha value is -0.800. The van der Waals surface area contributed by atoms with Gasteiger partial charge in [-0.3, -0.25) is 4.79 Å². The Morgan fingerprint density at radius 3 is 2.74 bits per heavy atom. The second kappa shape index (κ2) is 5.68. The van der Waals surface area contributed by atoms with E-state index in [1.165, 1.54) is 5.69 Å². The molecule has 0 radical (unpaired) electrons. The SMILES string of the molecule is Cc1cc(C(=O)CCl)c(C)n1C1CCN(C)CC1C. The molecular weight excluding hydrogens is 260 g/mol. The number of ketones is 1. The Morgan fingerprint density at radius 1 is 1.47 bits per heavy atom. The van der Waals surface area contributed by atoms with E-state index in [9.17, 15) is 4.79 Å². The molecule has 1 fully saturated rings. The normalized spacial score (nSPS) is 24.7. The van der Waals surface area contributed by atoms with E-state index in [0.29, 0.717) is 12.0 Å². The number of carbonyl (C=O) groups is 1. The number of aryl methyl sites for hydroxylation is 1. The van der Waals surface area contributed by atoms with Crippen molar-refractivity contribution in [2.75, 3.05) is 26.0 Å². The Kier molecular flexibility index (Phi) is 4.36. The number of aromatic nitrogens is 1. The van der Waals surface area contributed by atoms with Crippen LogP contribution in [0.1, 0.15) is 41.1 Å². The molecule has 1 aromatic heterocycles. The van der Waals surface area contributed by atoms with E-state index in [4.69, 9.17) is 11.6 Å². The monoisotopic (exact) mass is 282 g/mol. The highest BCUT2D eigenvalue weighted by Gasteiger charge is 2.28. The fourth-order valence-electron chi connectivity index (χ4n) is 3.37. The maximum absolute atomic E-state index is 11.9. The average Bonchev–Trinajstić information content (AvgIpc) is 2.65. The molecule has 1 aromatic rings. The molecule has 2 unspecified atom stereocenters.